The molecule has 6 nitrogen and oxygen atoms in total. The monoisotopic (exact) mass is 337 g/mol. The zero-order chi connectivity index (χ0) is 17.4. The maximum absolute atomic E-state index is 12.4. The van der Waals surface area contributed by atoms with E-state index in [-0.39, 0.29) is 29.4 Å². The van der Waals surface area contributed by atoms with Gasteiger partial charge < -0.3 is 15.2 Å². The van der Waals surface area contributed by atoms with Crippen LogP contribution >= 0.6 is 0 Å². The van der Waals surface area contributed by atoms with Crippen molar-refractivity contribution in [3.8, 4) is 0 Å². The number of H-pyrrole nitrogens is 1. The summed E-state index contributed by atoms with van der Waals surface area (Å²) in [6.45, 7) is 0.341. The second-order valence-electron chi connectivity index (χ2n) is 6.62. The molecule has 128 valence electrons. The lowest BCUT2D eigenvalue weighted by atomic mass is 10.1. The number of hydrogen-bond acceptors (Lipinski definition) is 3. The van der Waals surface area contributed by atoms with E-state index in [1.807, 2.05) is 6.07 Å². The fraction of sp³-hybridized carbons (Fsp3) is 0.316. The molecular weight excluding hydrogens is 318 g/mol. The number of aromatic nitrogens is 1. The summed E-state index contributed by atoms with van der Waals surface area (Å²) < 4.78 is 0. The number of nitrogens with zero attached hydrogens (tertiary/aromatic N) is 1. The van der Waals surface area contributed by atoms with Crippen molar-refractivity contribution < 1.29 is 9.59 Å². The molecule has 4 rings (SSSR count). The Morgan fingerprint density at radius 2 is 2.00 bits per heavy atom. The summed E-state index contributed by atoms with van der Waals surface area (Å²) in [4.78, 5) is 41.0. The average molecular weight is 337 g/mol. The van der Waals surface area contributed by atoms with E-state index >= 15 is 0 Å². The number of hydrogen-bond donors (Lipinski definition) is 2. The Labute approximate surface area is 144 Å². The van der Waals surface area contributed by atoms with Crippen LogP contribution in [0.3, 0.4) is 0 Å². The predicted molar refractivity (Wildman–Crippen MR) is 94.6 cm³/mol. The van der Waals surface area contributed by atoms with Gasteiger partial charge in [-0.1, -0.05) is 6.07 Å². The van der Waals surface area contributed by atoms with Crippen molar-refractivity contribution in [1.82, 2.24) is 4.98 Å². The van der Waals surface area contributed by atoms with Crippen LogP contribution in [0, 0.1) is 5.92 Å². The van der Waals surface area contributed by atoms with E-state index in [9.17, 15) is 14.4 Å². The Balaban J connectivity index is 1.49. The molecule has 1 fully saturated rings. The third-order valence-electron chi connectivity index (χ3n) is 4.97. The first-order valence-electron chi connectivity index (χ1n) is 8.52. The fourth-order valence-electron chi connectivity index (χ4n) is 3.61. The summed E-state index contributed by atoms with van der Waals surface area (Å²) in [6.07, 6.45) is 6.42. The summed E-state index contributed by atoms with van der Waals surface area (Å²) in [6, 6.07) is 7.47. The number of aromatic amines is 1. The summed E-state index contributed by atoms with van der Waals surface area (Å²) in [7, 11) is 0. The number of benzene rings is 1. The van der Waals surface area contributed by atoms with Gasteiger partial charge in [-0.25, -0.2) is 0 Å². The maximum atomic E-state index is 12.4. The molecule has 0 spiro atoms. The molecule has 25 heavy (non-hydrogen) atoms. The number of amides is 2. The van der Waals surface area contributed by atoms with E-state index in [4.69, 9.17) is 0 Å². The summed E-state index contributed by atoms with van der Waals surface area (Å²) in [5, 5.41) is 2.62. The highest BCUT2D eigenvalue weighted by Crippen LogP contribution is 2.30. The fourth-order valence-corrected chi connectivity index (χ4v) is 3.61. The maximum Gasteiger partial charge on any atom is 0.229 e. The van der Waals surface area contributed by atoms with Gasteiger partial charge in [-0.3, -0.25) is 14.4 Å². The van der Waals surface area contributed by atoms with Crippen LogP contribution in [0.1, 0.15) is 24.0 Å². The van der Waals surface area contributed by atoms with Crippen LogP contribution in [0.4, 0.5) is 11.4 Å². The molecule has 1 aromatic heterocycles. The van der Waals surface area contributed by atoms with E-state index in [0.717, 1.165) is 24.9 Å². The molecule has 0 radical (unpaired) electrons. The van der Waals surface area contributed by atoms with Crippen molar-refractivity contribution >= 4 is 23.2 Å². The molecule has 1 aromatic carbocycles. The van der Waals surface area contributed by atoms with Crippen molar-refractivity contribution in [2.75, 3.05) is 16.8 Å². The normalized spacial score (nSPS) is 19.1. The molecule has 0 bridgehead atoms. The Hall–Kier alpha value is -2.89. The number of carbonyl (C=O) groups excluding carboxylic acids is 2. The number of anilines is 2. The lowest BCUT2D eigenvalue weighted by molar-refractivity contribution is -0.122. The van der Waals surface area contributed by atoms with Gasteiger partial charge in [-0.05, 0) is 42.5 Å². The topological polar surface area (TPSA) is 82.3 Å². The Morgan fingerprint density at radius 3 is 2.84 bits per heavy atom. The Morgan fingerprint density at radius 1 is 1.16 bits per heavy atom. The number of pyridine rings is 1. The van der Waals surface area contributed by atoms with Crippen LogP contribution in [0.5, 0.6) is 0 Å². The molecule has 0 saturated carbocycles. The average Bonchev–Trinajstić information content (AvgIpc) is 3.22. The molecule has 2 aromatic rings. The van der Waals surface area contributed by atoms with Gasteiger partial charge in [-0.2, -0.15) is 0 Å². The number of nitrogens with one attached hydrogen (secondary N) is 2. The van der Waals surface area contributed by atoms with Crippen molar-refractivity contribution in [2.24, 2.45) is 5.92 Å². The minimum absolute atomic E-state index is 0.0555. The first kappa shape index (κ1) is 15.6. The number of aryl methyl sites for hydroxylation is 2. The van der Waals surface area contributed by atoms with E-state index in [0.29, 0.717) is 6.54 Å². The summed E-state index contributed by atoms with van der Waals surface area (Å²) in [5.74, 6) is -0.811. The standard InChI is InChI=1S/C19H19N3O3/c23-17-6-7-20-10-16(17)21-19(25)14-9-18(24)22(11-14)15-5-4-12-2-1-3-13(12)8-15/h4-8,10,14H,1-3,9,11H2,(H,20,23)(H,21,25). The highest BCUT2D eigenvalue weighted by Gasteiger charge is 2.35. The quantitative estimate of drug-likeness (QED) is 0.897. The lowest BCUT2D eigenvalue weighted by Gasteiger charge is -2.18. The van der Waals surface area contributed by atoms with Crippen LogP contribution < -0.4 is 15.6 Å². The van der Waals surface area contributed by atoms with Crippen LogP contribution in [0.15, 0.2) is 41.5 Å². The van der Waals surface area contributed by atoms with E-state index in [1.54, 1.807) is 4.90 Å². The van der Waals surface area contributed by atoms with Gasteiger partial charge >= 0.3 is 0 Å². The Bertz CT molecular complexity index is 903. The highest BCUT2D eigenvalue weighted by atomic mass is 16.2. The minimum atomic E-state index is -0.458. The van der Waals surface area contributed by atoms with Crippen LogP contribution in [-0.4, -0.2) is 23.3 Å². The highest BCUT2D eigenvalue weighted by molar-refractivity contribution is 6.03. The molecule has 2 N–H and O–H groups in total. The minimum Gasteiger partial charge on any atom is -0.366 e. The van der Waals surface area contributed by atoms with E-state index < -0.39 is 5.92 Å². The van der Waals surface area contributed by atoms with Gasteiger partial charge in [0, 0.05) is 37.1 Å². The second kappa shape index (κ2) is 6.20. The van der Waals surface area contributed by atoms with E-state index in [2.05, 4.69) is 22.4 Å². The first-order chi connectivity index (χ1) is 12.1. The van der Waals surface area contributed by atoms with E-state index in [1.165, 1.54) is 29.6 Å². The van der Waals surface area contributed by atoms with Gasteiger partial charge in [0.25, 0.3) is 0 Å². The SMILES string of the molecule is O=C(Nc1c[nH]ccc1=O)C1CC(=O)N(c2ccc3c(c2)CCC3)C1. The predicted octanol–water partition coefficient (Wildman–Crippen LogP) is 1.86. The third kappa shape index (κ3) is 2.95. The molecule has 2 aliphatic rings. The molecule has 1 unspecified atom stereocenters. The van der Waals surface area contributed by atoms with Crippen LogP contribution in [-0.2, 0) is 22.4 Å². The van der Waals surface area contributed by atoms with Crippen molar-refractivity contribution in [2.45, 2.75) is 25.7 Å². The van der Waals surface area contributed by atoms with Crippen molar-refractivity contribution in [1.29, 1.82) is 0 Å². The van der Waals surface area contributed by atoms with Gasteiger partial charge in [0.15, 0.2) is 0 Å². The lowest BCUT2D eigenvalue weighted by Crippen LogP contribution is -2.29. The van der Waals surface area contributed by atoms with Crippen molar-refractivity contribution in [3.63, 3.8) is 0 Å². The summed E-state index contributed by atoms with van der Waals surface area (Å²) >= 11 is 0. The van der Waals surface area contributed by atoms with Gasteiger partial charge in [0.05, 0.1) is 5.92 Å². The zero-order valence-corrected chi connectivity index (χ0v) is 13.7. The van der Waals surface area contributed by atoms with Gasteiger partial charge in [0.1, 0.15) is 5.69 Å². The third-order valence-corrected chi connectivity index (χ3v) is 4.97. The molecule has 6 heteroatoms. The second-order valence-corrected chi connectivity index (χ2v) is 6.62. The number of fused-ring (bicyclic) bond motifs is 1. The molecule has 1 atom stereocenters. The zero-order valence-electron chi connectivity index (χ0n) is 13.7. The number of carbonyl (C=O) groups is 2. The van der Waals surface area contributed by atoms with Gasteiger partial charge in [-0.15, -0.1) is 0 Å². The van der Waals surface area contributed by atoms with Crippen LogP contribution in [0.2, 0.25) is 0 Å². The summed E-state index contributed by atoms with van der Waals surface area (Å²) in [5.41, 5.74) is 3.46. The van der Waals surface area contributed by atoms with Crippen molar-refractivity contribution in [3.05, 3.63) is 58.0 Å². The van der Waals surface area contributed by atoms with Gasteiger partial charge in [0.2, 0.25) is 17.2 Å². The van der Waals surface area contributed by atoms with Crippen LogP contribution in [0.25, 0.3) is 0 Å². The Kier molecular flexibility index (Phi) is 3.87. The molecule has 1 aliphatic heterocycles. The number of rotatable bonds is 3. The molecular formula is C19H19N3O3. The molecule has 2 amide bonds. The molecule has 2 heterocycles. The largest absolute Gasteiger partial charge is 0.366 e. The molecule has 1 aliphatic carbocycles. The smallest absolute Gasteiger partial charge is 0.229 e. The first-order valence-corrected chi connectivity index (χ1v) is 8.52. The molecule has 1 saturated heterocycles.